The zero-order chi connectivity index (χ0) is 16.5. The molecule has 1 saturated heterocycles. The van der Waals surface area contributed by atoms with Gasteiger partial charge in [0, 0.05) is 56.3 Å². The fourth-order valence-electron chi connectivity index (χ4n) is 2.40. The molecule has 0 aromatic rings. The van der Waals surface area contributed by atoms with Crippen molar-refractivity contribution in [2.75, 3.05) is 26.8 Å². The molecule has 0 bridgehead atoms. The lowest BCUT2D eigenvalue weighted by atomic mass is 10.0. The molecule has 122 valence electrons. The second-order valence-electron chi connectivity index (χ2n) is 5.67. The molecule has 0 unspecified atom stereocenters. The highest BCUT2D eigenvalue weighted by Gasteiger charge is 2.26. The second-order valence-corrected chi connectivity index (χ2v) is 5.67. The molecule has 0 saturated carbocycles. The van der Waals surface area contributed by atoms with E-state index in [2.05, 4.69) is 28.4 Å². The maximum absolute atomic E-state index is 8.31. The summed E-state index contributed by atoms with van der Waals surface area (Å²) in [4.78, 5) is 6.11. The zero-order valence-electron chi connectivity index (χ0n) is 13.9. The first-order valence-corrected chi connectivity index (χ1v) is 7.58. The van der Waals surface area contributed by atoms with Crippen LogP contribution in [0.4, 0.5) is 0 Å². The van der Waals surface area contributed by atoms with Gasteiger partial charge in [0.05, 0.1) is 6.61 Å². The van der Waals surface area contributed by atoms with Crippen molar-refractivity contribution >= 4 is 12.1 Å². The summed E-state index contributed by atoms with van der Waals surface area (Å²) >= 11 is 0. The first-order valence-electron chi connectivity index (χ1n) is 7.58. The van der Waals surface area contributed by atoms with E-state index in [0.29, 0.717) is 18.4 Å². The van der Waals surface area contributed by atoms with Gasteiger partial charge in [-0.05, 0) is 25.8 Å². The molecular weight excluding hydrogens is 276 g/mol. The number of ether oxygens (including phenoxy) is 1. The number of nitrogens with zero attached hydrogens (tertiary/aromatic N) is 2. The van der Waals surface area contributed by atoms with Gasteiger partial charge >= 0.3 is 0 Å². The highest BCUT2D eigenvalue weighted by Crippen LogP contribution is 2.23. The molecule has 2 N–H and O–H groups in total. The Bertz CT molecular complexity index is 467. The van der Waals surface area contributed by atoms with Crippen LogP contribution in [0, 0.1) is 11.3 Å². The molecule has 0 aromatic heterocycles. The van der Waals surface area contributed by atoms with Gasteiger partial charge in [0.25, 0.3) is 0 Å². The molecule has 5 nitrogen and oxygen atoms in total. The Morgan fingerprint density at radius 3 is 2.95 bits per heavy atom. The van der Waals surface area contributed by atoms with Crippen molar-refractivity contribution in [3.63, 3.8) is 0 Å². The molecule has 1 aliphatic rings. The van der Waals surface area contributed by atoms with Crippen LogP contribution in [0.3, 0.4) is 0 Å². The lowest BCUT2D eigenvalue weighted by Gasteiger charge is -2.21. The van der Waals surface area contributed by atoms with Crippen LogP contribution in [0.1, 0.15) is 20.3 Å². The maximum Gasteiger partial charge on any atom is 0.125 e. The average Bonchev–Trinajstić information content (AvgIpc) is 2.99. The van der Waals surface area contributed by atoms with Crippen molar-refractivity contribution in [3.05, 3.63) is 36.7 Å². The van der Waals surface area contributed by atoms with Crippen LogP contribution >= 0.6 is 0 Å². The van der Waals surface area contributed by atoms with Gasteiger partial charge in [-0.1, -0.05) is 13.2 Å². The van der Waals surface area contributed by atoms with E-state index in [1.54, 1.807) is 13.3 Å². The Balaban J connectivity index is 2.53. The van der Waals surface area contributed by atoms with Crippen LogP contribution in [0.25, 0.3) is 0 Å². The van der Waals surface area contributed by atoms with Gasteiger partial charge in [-0.25, -0.2) is 0 Å². The fraction of sp³-hybridized carbons (Fsp3) is 0.529. The lowest BCUT2D eigenvalue weighted by Crippen LogP contribution is -2.31. The number of nitrogens with one attached hydrogen (secondary N) is 2. The molecule has 22 heavy (non-hydrogen) atoms. The Labute approximate surface area is 134 Å². The highest BCUT2D eigenvalue weighted by molar-refractivity contribution is 5.95. The number of rotatable bonds is 8. The van der Waals surface area contributed by atoms with E-state index in [1.807, 2.05) is 20.0 Å². The van der Waals surface area contributed by atoms with Gasteiger partial charge in [0.1, 0.15) is 5.84 Å². The first kappa shape index (κ1) is 18.2. The summed E-state index contributed by atoms with van der Waals surface area (Å²) < 4.78 is 5.08. The van der Waals surface area contributed by atoms with Crippen LogP contribution < -0.4 is 5.32 Å². The smallest absolute Gasteiger partial charge is 0.125 e. The number of likely N-dealkylation sites (tertiary alicyclic amines) is 1. The van der Waals surface area contributed by atoms with E-state index in [1.165, 1.54) is 6.20 Å². The van der Waals surface area contributed by atoms with Crippen molar-refractivity contribution in [3.8, 4) is 0 Å². The summed E-state index contributed by atoms with van der Waals surface area (Å²) in [5, 5.41) is 11.6. The summed E-state index contributed by atoms with van der Waals surface area (Å²) in [6.45, 7) is 14.0. The third-order valence-corrected chi connectivity index (χ3v) is 3.75. The van der Waals surface area contributed by atoms with E-state index >= 15 is 0 Å². The maximum atomic E-state index is 8.31. The average molecular weight is 304 g/mol. The van der Waals surface area contributed by atoms with Crippen molar-refractivity contribution in [1.29, 1.82) is 5.41 Å². The predicted octanol–water partition coefficient (Wildman–Crippen LogP) is 2.58. The van der Waals surface area contributed by atoms with Crippen LogP contribution in [-0.4, -0.2) is 49.8 Å². The molecule has 0 aromatic carbocycles. The van der Waals surface area contributed by atoms with Gasteiger partial charge < -0.3 is 15.0 Å². The molecular formula is C17H28N4O. The minimum Gasteiger partial charge on any atom is -0.386 e. The summed E-state index contributed by atoms with van der Waals surface area (Å²) in [7, 11) is 1.68. The minimum absolute atomic E-state index is 0.231. The zero-order valence-corrected chi connectivity index (χ0v) is 13.9. The number of aliphatic imine (C=N–C) groups is 1. The van der Waals surface area contributed by atoms with Crippen molar-refractivity contribution < 1.29 is 4.74 Å². The van der Waals surface area contributed by atoms with Crippen molar-refractivity contribution in [2.45, 2.75) is 26.3 Å². The predicted molar refractivity (Wildman–Crippen MR) is 93.5 cm³/mol. The molecule has 0 aliphatic carbocycles. The normalized spacial score (nSPS) is 20.2. The van der Waals surface area contributed by atoms with Crippen LogP contribution in [0.15, 0.2) is 41.7 Å². The third-order valence-electron chi connectivity index (χ3n) is 3.75. The quantitative estimate of drug-likeness (QED) is 0.535. The highest BCUT2D eigenvalue weighted by atomic mass is 16.5. The number of hydrogen-bond acceptors (Lipinski definition) is 4. The second kappa shape index (κ2) is 9.20. The van der Waals surface area contributed by atoms with Gasteiger partial charge in [-0.3, -0.25) is 10.4 Å². The largest absolute Gasteiger partial charge is 0.386 e. The fourth-order valence-corrected chi connectivity index (χ4v) is 2.40. The van der Waals surface area contributed by atoms with Gasteiger partial charge in [-0.2, -0.15) is 0 Å². The number of methoxy groups -OCH3 is 1. The molecule has 1 rings (SSSR count). The Hall–Kier alpha value is -1.88. The first-order chi connectivity index (χ1) is 10.5. The standard InChI is InChI=1S/C17H28N4O/c1-6-19-9-13(2)16-7-8-21(11-16)17(18)14(3)10-20-15(4)12-22-5/h6,9-10,15-16,18,20H,1-2,7-8,11-12H2,3-5H3/b14-10+,18-17?,19-9?/t15-,16-/m1/s1. The van der Waals surface area contributed by atoms with E-state index in [-0.39, 0.29) is 6.04 Å². The molecule has 1 heterocycles. The number of hydrogen-bond donors (Lipinski definition) is 2. The van der Waals surface area contributed by atoms with Gasteiger partial charge in [0.2, 0.25) is 0 Å². The summed E-state index contributed by atoms with van der Waals surface area (Å²) in [5.74, 6) is 0.922. The Kier molecular flexibility index (Phi) is 7.60. The summed E-state index contributed by atoms with van der Waals surface area (Å²) in [5.41, 5.74) is 1.93. The van der Waals surface area contributed by atoms with Crippen LogP contribution in [-0.2, 0) is 4.74 Å². The molecule has 1 fully saturated rings. The Morgan fingerprint density at radius 1 is 1.59 bits per heavy atom. The van der Waals surface area contributed by atoms with Crippen molar-refractivity contribution in [1.82, 2.24) is 10.2 Å². The SMILES string of the molecule is C=CN=CC(=C)[C@@H]1CCN(C(=N)/C(C)=C/N[C@H](C)COC)C1. The van der Waals surface area contributed by atoms with E-state index in [9.17, 15) is 0 Å². The molecule has 0 spiro atoms. The summed E-state index contributed by atoms with van der Waals surface area (Å²) in [6.07, 6.45) is 6.18. The molecule has 0 amide bonds. The van der Waals surface area contributed by atoms with Crippen molar-refractivity contribution in [2.24, 2.45) is 10.9 Å². The minimum atomic E-state index is 0.231. The van der Waals surface area contributed by atoms with E-state index < -0.39 is 0 Å². The molecule has 0 radical (unpaired) electrons. The van der Waals surface area contributed by atoms with E-state index in [4.69, 9.17) is 10.1 Å². The monoisotopic (exact) mass is 304 g/mol. The topological polar surface area (TPSA) is 60.7 Å². The van der Waals surface area contributed by atoms with Crippen LogP contribution in [0.5, 0.6) is 0 Å². The van der Waals surface area contributed by atoms with Crippen LogP contribution in [0.2, 0.25) is 0 Å². The van der Waals surface area contributed by atoms with Gasteiger partial charge in [-0.15, -0.1) is 0 Å². The third kappa shape index (κ3) is 5.48. The molecule has 2 atom stereocenters. The lowest BCUT2D eigenvalue weighted by molar-refractivity contribution is 0.177. The van der Waals surface area contributed by atoms with Gasteiger partial charge in [0.15, 0.2) is 0 Å². The summed E-state index contributed by atoms with van der Waals surface area (Å²) in [6, 6.07) is 0.231. The number of amidine groups is 1. The molecule has 1 aliphatic heterocycles. The van der Waals surface area contributed by atoms with E-state index in [0.717, 1.165) is 30.7 Å². The Morgan fingerprint density at radius 2 is 2.32 bits per heavy atom. The molecule has 5 heteroatoms.